The molecule has 0 aromatic heterocycles. The molecule has 0 saturated heterocycles. The first kappa shape index (κ1) is 8.81. The van der Waals surface area contributed by atoms with Crippen LogP contribution in [0.5, 0.6) is 0 Å². The fourth-order valence-corrected chi connectivity index (χ4v) is 0.862. The van der Waals surface area contributed by atoms with Gasteiger partial charge in [0.05, 0.1) is 19.5 Å². The summed E-state index contributed by atoms with van der Waals surface area (Å²) < 4.78 is 5.21. The topological polar surface area (TPSA) is 29.5 Å². The molecular weight excluding hydrogens is 152 g/mol. The molecule has 1 N–H and O–H groups in total. The van der Waals surface area contributed by atoms with Gasteiger partial charge in [0, 0.05) is 0 Å². The van der Waals surface area contributed by atoms with Crippen molar-refractivity contribution >= 4 is 0 Å². The number of hydrogen-bond donors (Lipinski definition) is 1. The third-order valence-corrected chi connectivity index (χ3v) is 1.43. The predicted octanol–water partition coefficient (Wildman–Crippen LogP) is 2.27. The maximum atomic E-state index is 8.30. The van der Waals surface area contributed by atoms with E-state index in [1.807, 2.05) is 30.3 Å². The number of rotatable bonds is 4. The molecule has 0 unspecified atom stereocenters. The Labute approximate surface area is 72.1 Å². The van der Waals surface area contributed by atoms with E-state index in [9.17, 15) is 0 Å². The van der Waals surface area contributed by atoms with Gasteiger partial charge >= 0.3 is 0 Å². The lowest BCUT2D eigenvalue weighted by molar-refractivity contribution is 0.147. The van der Waals surface area contributed by atoms with E-state index in [0.717, 1.165) is 11.8 Å². The molecule has 2 heteroatoms. The molecule has 1 rings (SSSR count). The quantitative estimate of drug-likeness (QED) is 0.546. The largest absolute Gasteiger partial charge is 0.516 e. The summed E-state index contributed by atoms with van der Waals surface area (Å²) in [6.07, 6.45) is 2.55. The van der Waals surface area contributed by atoms with E-state index in [1.54, 1.807) is 6.08 Å². The van der Waals surface area contributed by atoms with Crippen LogP contribution in [0.3, 0.4) is 0 Å². The molecule has 0 fully saturated rings. The van der Waals surface area contributed by atoms with Gasteiger partial charge in [-0.2, -0.15) is 0 Å². The van der Waals surface area contributed by atoms with Crippen molar-refractivity contribution in [3.63, 3.8) is 0 Å². The minimum atomic E-state index is 0.450. The van der Waals surface area contributed by atoms with E-state index in [-0.39, 0.29) is 0 Å². The van der Waals surface area contributed by atoms with Gasteiger partial charge < -0.3 is 9.84 Å². The fourth-order valence-electron chi connectivity index (χ4n) is 0.862. The van der Waals surface area contributed by atoms with Crippen LogP contribution in [0.2, 0.25) is 0 Å². The first-order chi connectivity index (χ1) is 5.93. The Kier molecular flexibility index (Phi) is 3.95. The summed E-state index contributed by atoms with van der Waals surface area (Å²) in [6, 6.07) is 9.92. The summed E-state index contributed by atoms with van der Waals surface area (Å²) >= 11 is 0. The van der Waals surface area contributed by atoms with Crippen LogP contribution in [0.1, 0.15) is 5.56 Å². The molecule has 0 saturated carbocycles. The minimum Gasteiger partial charge on any atom is -0.516 e. The van der Waals surface area contributed by atoms with Crippen LogP contribution in [0, 0.1) is 0 Å². The lowest BCUT2D eigenvalue weighted by atomic mass is 10.2. The monoisotopic (exact) mass is 164 g/mol. The maximum absolute atomic E-state index is 8.30. The highest BCUT2D eigenvalue weighted by Crippen LogP contribution is 1.99. The van der Waals surface area contributed by atoms with Gasteiger partial charge in [0.25, 0.3) is 0 Å². The van der Waals surface area contributed by atoms with E-state index >= 15 is 0 Å². The number of hydrogen-bond acceptors (Lipinski definition) is 2. The Balaban J connectivity index is 2.24. The SMILES string of the molecule is OC=CCOCc1ccccc1. The van der Waals surface area contributed by atoms with Crippen molar-refractivity contribution in [1.29, 1.82) is 0 Å². The second-order valence-electron chi connectivity index (χ2n) is 2.39. The molecule has 12 heavy (non-hydrogen) atoms. The summed E-state index contributed by atoms with van der Waals surface area (Å²) in [5, 5.41) is 8.30. The number of aliphatic hydroxyl groups is 1. The third-order valence-electron chi connectivity index (χ3n) is 1.43. The smallest absolute Gasteiger partial charge is 0.0774 e. The Morgan fingerprint density at radius 1 is 1.25 bits per heavy atom. The van der Waals surface area contributed by atoms with E-state index in [2.05, 4.69) is 0 Å². The van der Waals surface area contributed by atoms with Crippen molar-refractivity contribution in [2.45, 2.75) is 6.61 Å². The molecule has 0 amide bonds. The average Bonchev–Trinajstić information content (AvgIpc) is 2.14. The van der Waals surface area contributed by atoms with Crippen molar-refractivity contribution in [1.82, 2.24) is 0 Å². The van der Waals surface area contributed by atoms with Gasteiger partial charge in [-0.25, -0.2) is 0 Å². The zero-order valence-corrected chi connectivity index (χ0v) is 6.81. The Morgan fingerprint density at radius 2 is 2.00 bits per heavy atom. The second-order valence-corrected chi connectivity index (χ2v) is 2.39. The fraction of sp³-hybridized carbons (Fsp3) is 0.200. The van der Waals surface area contributed by atoms with Crippen molar-refractivity contribution in [2.75, 3.05) is 6.61 Å². The predicted molar refractivity (Wildman–Crippen MR) is 47.9 cm³/mol. The molecule has 1 aromatic rings. The first-order valence-corrected chi connectivity index (χ1v) is 3.84. The van der Waals surface area contributed by atoms with Crippen molar-refractivity contribution < 1.29 is 9.84 Å². The lowest BCUT2D eigenvalue weighted by Crippen LogP contribution is -1.91. The van der Waals surface area contributed by atoms with Gasteiger partial charge in [0.2, 0.25) is 0 Å². The average molecular weight is 164 g/mol. The summed E-state index contributed by atoms with van der Waals surface area (Å²) in [7, 11) is 0. The van der Waals surface area contributed by atoms with Crippen molar-refractivity contribution in [3.05, 3.63) is 48.2 Å². The zero-order valence-electron chi connectivity index (χ0n) is 6.81. The van der Waals surface area contributed by atoms with Crippen LogP contribution >= 0.6 is 0 Å². The van der Waals surface area contributed by atoms with Gasteiger partial charge in [0.1, 0.15) is 0 Å². The third kappa shape index (κ3) is 3.21. The van der Waals surface area contributed by atoms with Crippen LogP contribution < -0.4 is 0 Å². The lowest BCUT2D eigenvalue weighted by Gasteiger charge is -1.99. The standard InChI is InChI=1S/C10H12O2/c11-7-4-8-12-9-10-5-2-1-3-6-10/h1-7,11H,8-9H2. The zero-order chi connectivity index (χ0) is 8.65. The van der Waals surface area contributed by atoms with E-state index in [1.165, 1.54) is 0 Å². The molecule has 0 atom stereocenters. The van der Waals surface area contributed by atoms with Crippen LogP contribution in [0.25, 0.3) is 0 Å². The highest BCUT2D eigenvalue weighted by atomic mass is 16.5. The normalized spacial score (nSPS) is 10.7. The molecule has 1 aromatic carbocycles. The molecule has 0 spiro atoms. The Morgan fingerprint density at radius 3 is 2.67 bits per heavy atom. The minimum absolute atomic E-state index is 0.450. The van der Waals surface area contributed by atoms with Gasteiger partial charge in [-0.1, -0.05) is 30.3 Å². The Bertz CT molecular complexity index is 229. The summed E-state index contributed by atoms with van der Waals surface area (Å²) in [5.74, 6) is 0. The molecule has 0 bridgehead atoms. The molecule has 2 nitrogen and oxygen atoms in total. The molecule has 0 heterocycles. The van der Waals surface area contributed by atoms with Crippen molar-refractivity contribution in [2.24, 2.45) is 0 Å². The van der Waals surface area contributed by atoms with Crippen LogP contribution in [0.4, 0.5) is 0 Å². The number of aliphatic hydroxyl groups excluding tert-OH is 1. The summed E-state index contributed by atoms with van der Waals surface area (Å²) in [6.45, 7) is 1.04. The van der Waals surface area contributed by atoms with E-state index < -0.39 is 0 Å². The molecule has 64 valence electrons. The number of ether oxygens (including phenoxy) is 1. The van der Waals surface area contributed by atoms with Gasteiger partial charge in [-0.05, 0) is 11.6 Å². The summed E-state index contributed by atoms with van der Waals surface area (Å²) in [4.78, 5) is 0. The maximum Gasteiger partial charge on any atom is 0.0774 e. The van der Waals surface area contributed by atoms with Crippen molar-refractivity contribution in [3.8, 4) is 0 Å². The molecule has 0 aliphatic carbocycles. The summed E-state index contributed by atoms with van der Waals surface area (Å²) in [5.41, 5.74) is 1.14. The Hall–Kier alpha value is -1.28. The molecule has 0 aliphatic rings. The molecular formula is C10H12O2. The molecule has 0 radical (unpaired) electrons. The van der Waals surface area contributed by atoms with E-state index in [4.69, 9.17) is 9.84 Å². The van der Waals surface area contributed by atoms with Crippen LogP contribution in [-0.4, -0.2) is 11.7 Å². The second kappa shape index (κ2) is 5.38. The number of benzene rings is 1. The van der Waals surface area contributed by atoms with Crippen LogP contribution in [0.15, 0.2) is 42.7 Å². The highest BCUT2D eigenvalue weighted by molar-refractivity contribution is 5.13. The van der Waals surface area contributed by atoms with E-state index in [0.29, 0.717) is 13.2 Å². The van der Waals surface area contributed by atoms with Gasteiger partial charge in [-0.15, -0.1) is 0 Å². The van der Waals surface area contributed by atoms with Gasteiger partial charge in [-0.3, -0.25) is 0 Å². The highest BCUT2D eigenvalue weighted by Gasteiger charge is 1.88. The van der Waals surface area contributed by atoms with Gasteiger partial charge in [0.15, 0.2) is 0 Å². The molecule has 0 aliphatic heterocycles. The first-order valence-electron chi connectivity index (χ1n) is 3.84. The van der Waals surface area contributed by atoms with Crippen LogP contribution in [-0.2, 0) is 11.3 Å².